The van der Waals surface area contributed by atoms with Gasteiger partial charge in [-0.25, -0.2) is 0 Å². The third-order valence-electron chi connectivity index (χ3n) is 4.42. The van der Waals surface area contributed by atoms with Crippen molar-refractivity contribution in [2.45, 2.75) is 46.1 Å². The molecule has 3 N–H and O–H groups in total. The van der Waals surface area contributed by atoms with Gasteiger partial charge >= 0.3 is 5.97 Å². The Labute approximate surface area is 79.3 Å². The lowest BCUT2D eigenvalue weighted by Gasteiger charge is -2.42. The van der Waals surface area contributed by atoms with E-state index in [1.807, 2.05) is 20.8 Å². The van der Waals surface area contributed by atoms with Gasteiger partial charge in [0, 0.05) is 5.54 Å². The van der Waals surface area contributed by atoms with Gasteiger partial charge in [0.25, 0.3) is 0 Å². The summed E-state index contributed by atoms with van der Waals surface area (Å²) in [6.07, 6.45) is 1.45. The minimum absolute atomic E-state index is 0.355. The van der Waals surface area contributed by atoms with Gasteiger partial charge in [0.05, 0.1) is 5.41 Å². The van der Waals surface area contributed by atoms with Crippen molar-refractivity contribution in [3.63, 3.8) is 0 Å². The van der Waals surface area contributed by atoms with Gasteiger partial charge in [0.1, 0.15) is 0 Å². The Bertz CT molecular complexity index is 245. The lowest BCUT2D eigenvalue weighted by Crippen LogP contribution is -2.53. The largest absolute Gasteiger partial charge is 0.481 e. The van der Waals surface area contributed by atoms with Gasteiger partial charge in [-0.3, -0.25) is 4.79 Å². The summed E-state index contributed by atoms with van der Waals surface area (Å²) in [6.45, 7) is 7.65. The smallest absolute Gasteiger partial charge is 0.309 e. The first-order chi connectivity index (χ1) is 5.65. The predicted octanol–water partition coefficient (Wildman–Crippen LogP) is 1.61. The summed E-state index contributed by atoms with van der Waals surface area (Å²) in [7, 11) is 0. The van der Waals surface area contributed by atoms with Crippen LogP contribution in [-0.2, 0) is 4.79 Å². The van der Waals surface area contributed by atoms with Crippen molar-refractivity contribution in [2.24, 2.45) is 16.6 Å². The number of rotatable bonds is 1. The molecule has 0 radical (unpaired) electrons. The van der Waals surface area contributed by atoms with Crippen LogP contribution in [0.15, 0.2) is 0 Å². The monoisotopic (exact) mass is 185 g/mol. The van der Waals surface area contributed by atoms with Crippen LogP contribution in [0.4, 0.5) is 0 Å². The van der Waals surface area contributed by atoms with Crippen LogP contribution >= 0.6 is 0 Å². The van der Waals surface area contributed by atoms with E-state index in [1.54, 1.807) is 6.92 Å². The first-order valence-corrected chi connectivity index (χ1v) is 4.67. The van der Waals surface area contributed by atoms with Gasteiger partial charge in [-0.1, -0.05) is 13.8 Å². The summed E-state index contributed by atoms with van der Waals surface area (Å²) in [6, 6.07) is 0. The first kappa shape index (κ1) is 10.5. The zero-order valence-electron chi connectivity index (χ0n) is 8.85. The van der Waals surface area contributed by atoms with Crippen LogP contribution in [0.1, 0.15) is 40.5 Å². The average Bonchev–Trinajstić information content (AvgIpc) is 2.12. The Hall–Kier alpha value is -0.570. The van der Waals surface area contributed by atoms with Crippen molar-refractivity contribution in [2.75, 3.05) is 0 Å². The second-order valence-corrected chi connectivity index (χ2v) is 5.18. The van der Waals surface area contributed by atoms with Crippen molar-refractivity contribution in [3.8, 4) is 0 Å². The molecule has 0 bridgehead atoms. The maximum absolute atomic E-state index is 11.2. The molecule has 1 fully saturated rings. The fraction of sp³-hybridized carbons (Fsp3) is 0.900. The SMILES string of the molecule is CC1(C)[C@](C)(C(=O)O)CC[C@@]1(C)N. The Morgan fingerprint density at radius 2 is 1.69 bits per heavy atom. The lowest BCUT2D eigenvalue weighted by molar-refractivity contribution is -0.154. The molecule has 1 saturated carbocycles. The number of nitrogens with two attached hydrogens (primary N) is 1. The Morgan fingerprint density at radius 1 is 1.23 bits per heavy atom. The van der Waals surface area contributed by atoms with E-state index >= 15 is 0 Å². The molecule has 13 heavy (non-hydrogen) atoms. The van der Waals surface area contributed by atoms with Crippen LogP contribution in [0.25, 0.3) is 0 Å². The van der Waals surface area contributed by atoms with Crippen molar-refractivity contribution in [1.29, 1.82) is 0 Å². The van der Waals surface area contributed by atoms with E-state index in [4.69, 9.17) is 5.73 Å². The van der Waals surface area contributed by atoms with E-state index in [0.717, 1.165) is 6.42 Å². The Balaban J connectivity index is 3.14. The number of hydrogen-bond donors (Lipinski definition) is 2. The highest BCUT2D eigenvalue weighted by molar-refractivity contribution is 5.76. The molecule has 0 heterocycles. The predicted molar refractivity (Wildman–Crippen MR) is 51.4 cm³/mol. The highest BCUT2D eigenvalue weighted by Gasteiger charge is 2.60. The molecular formula is C10H19NO2. The molecule has 0 aromatic heterocycles. The number of aliphatic carboxylic acids is 1. The van der Waals surface area contributed by atoms with Gasteiger partial charge in [0.15, 0.2) is 0 Å². The molecule has 0 amide bonds. The minimum atomic E-state index is -0.730. The molecule has 0 unspecified atom stereocenters. The normalized spacial score (nSPS) is 43.5. The van der Waals surface area contributed by atoms with Crippen LogP contribution in [0.2, 0.25) is 0 Å². The highest BCUT2D eigenvalue weighted by atomic mass is 16.4. The van der Waals surface area contributed by atoms with Crippen molar-refractivity contribution >= 4 is 5.97 Å². The van der Waals surface area contributed by atoms with Gasteiger partial charge in [-0.2, -0.15) is 0 Å². The van der Waals surface area contributed by atoms with E-state index in [9.17, 15) is 9.90 Å². The van der Waals surface area contributed by atoms with Crippen molar-refractivity contribution < 1.29 is 9.90 Å². The molecular weight excluding hydrogens is 166 g/mol. The fourth-order valence-electron chi connectivity index (χ4n) is 2.14. The topological polar surface area (TPSA) is 63.3 Å². The van der Waals surface area contributed by atoms with Gasteiger partial charge in [0.2, 0.25) is 0 Å². The van der Waals surface area contributed by atoms with Crippen molar-refractivity contribution in [1.82, 2.24) is 0 Å². The summed E-state index contributed by atoms with van der Waals surface area (Å²) >= 11 is 0. The third kappa shape index (κ3) is 1.10. The quantitative estimate of drug-likeness (QED) is 0.652. The summed E-state index contributed by atoms with van der Waals surface area (Å²) in [5.41, 5.74) is 4.69. The molecule has 0 aromatic carbocycles. The van der Waals surface area contributed by atoms with Gasteiger partial charge in [-0.15, -0.1) is 0 Å². The summed E-state index contributed by atoms with van der Waals surface area (Å²) in [5.74, 6) is -0.730. The molecule has 3 nitrogen and oxygen atoms in total. The standard InChI is InChI=1S/C10H19NO2/c1-8(2)9(3,7(12)13)5-6-10(8,4)11/h5-6,11H2,1-4H3,(H,12,13)/t9-,10+/m0/s1. The van der Waals surface area contributed by atoms with E-state index < -0.39 is 11.4 Å². The minimum Gasteiger partial charge on any atom is -0.481 e. The van der Waals surface area contributed by atoms with Crippen LogP contribution in [-0.4, -0.2) is 16.6 Å². The van der Waals surface area contributed by atoms with E-state index in [-0.39, 0.29) is 11.0 Å². The molecule has 0 aromatic rings. The van der Waals surface area contributed by atoms with Gasteiger partial charge in [-0.05, 0) is 32.1 Å². The zero-order valence-corrected chi connectivity index (χ0v) is 8.85. The van der Waals surface area contributed by atoms with Crippen molar-refractivity contribution in [3.05, 3.63) is 0 Å². The molecule has 1 aliphatic carbocycles. The third-order valence-corrected chi connectivity index (χ3v) is 4.42. The molecule has 3 heteroatoms. The summed E-state index contributed by atoms with van der Waals surface area (Å²) in [4.78, 5) is 11.2. The Kier molecular flexibility index (Phi) is 2.00. The number of hydrogen-bond acceptors (Lipinski definition) is 2. The first-order valence-electron chi connectivity index (χ1n) is 4.67. The summed E-state index contributed by atoms with van der Waals surface area (Å²) in [5, 5.41) is 9.18. The van der Waals surface area contributed by atoms with Crippen LogP contribution in [0, 0.1) is 10.8 Å². The molecule has 1 aliphatic rings. The highest BCUT2D eigenvalue weighted by Crippen LogP contribution is 2.56. The molecule has 2 atom stereocenters. The zero-order chi connectivity index (χ0) is 10.5. The Morgan fingerprint density at radius 3 is 1.85 bits per heavy atom. The second kappa shape index (κ2) is 2.47. The maximum atomic E-state index is 11.2. The van der Waals surface area contributed by atoms with E-state index in [1.165, 1.54) is 0 Å². The van der Waals surface area contributed by atoms with E-state index in [0.29, 0.717) is 6.42 Å². The number of carbonyl (C=O) groups is 1. The number of carboxylic acid groups (broad SMARTS) is 1. The van der Waals surface area contributed by atoms with Gasteiger partial charge < -0.3 is 10.8 Å². The molecule has 0 aliphatic heterocycles. The average molecular weight is 185 g/mol. The lowest BCUT2D eigenvalue weighted by atomic mass is 9.63. The van der Waals surface area contributed by atoms with Crippen LogP contribution < -0.4 is 5.73 Å². The molecule has 76 valence electrons. The maximum Gasteiger partial charge on any atom is 0.309 e. The molecule has 0 saturated heterocycles. The fourth-order valence-corrected chi connectivity index (χ4v) is 2.14. The van der Waals surface area contributed by atoms with E-state index in [2.05, 4.69) is 0 Å². The molecule has 1 rings (SSSR count). The second-order valence-electron chi connectivity index (χ2n) is 5.18. The summed E-state index contributed by atoms with van der Waals surface area (Å²) < 4.78 is 0. The van der Waals surface area contributed by atoms with Crippen LogP contribution in [0.5, 0.6) is 0 Å². The van der Waals surface area contributed by atoms with Crippen LogP contribution in [0.3, 0.4) is 0 Å². The number of carboxylic acids is 1. The molecule has 0 spiro atoms.